The van der Waals surface area contributed by atoms with E-state index in [1.54, 1.807) is 6.92 Å². The smallest absolute Gasteiger partial charge is 0.307 e. The molecule has 0 heterocycles. The third-order valence-electron chi connectivity index (χ3n) is 4.01. The van der Waals surface area contributed by atoms with E-state index in [0.717, 1.165) is 31.0 Å². The molecule has 10 heteroatoms. The number of nitrogens with zero attached hydrogens (tertiary/aromatic N) is 2. The summed E-state index contributed by atoms with van der Waals surface area (Å²) in [5.74, 6) is -0.314. The molecular formula is C16H22N2O7S. The van der Waals surface area contributed by atoms with Gasteiger partial charge in [0.1, 0.15) is 10.6 Å². The van der Waals surface area contributed by atoms with Crippen LogP contribution in [0.4, 0.5) is 5.69 Å². The van der Waals surface area contributed by atoms with Crippen molar-refractivity contribution in [2.75, 3.05) is 26.8 Å². The molecular weight excluding hydrogens is 364 g/mol. The van der Waals surface area contributed by atoms with Crippen LogP contribution in [0.25, 0.3) is 0 Å². The van der Waals surface area contributed by atoms with Crippen molar-refractivity contribution in [3.63, 3.8) is 0 Å². The van der Waals surface area contributed by atoms with Gasteiger partial charge in [-0.3, -0.25) is 14.9 Å². The molecule has 0 N–H and O–H groups in total. The van der Waals surface area contributed by atoms with Crippen molar-refractivity contribution in [2.45, 2.75) is 31.1 Å². The number of rotatable bonds is 10. The quantitative estimate of drug-likeness (QED) is 0.343. The molecule has 1 aromatic rings. The Bertz CT molecular complexity index is 775. The first-order valence-corrected chi connectivity index (χ1v) is 9.71. The number of hydrogen-bond acceptors (Lipinski definition) is 7. The number of carbonyl (C=O) groups excluding carboxylic acids is 1. The normalized spacial score (nSPS) is 14.3. The van der Waals surface area contributed by atoms with Crippen LogP contribution in [-0.2, 0) is 19.6 Å². The number of hydrogen-bond donors (Lipinski definition) is 0. The molecule has 0 unspecified atom stereocenters. The second-order valence-corrected chi connectivity index (χ2v) is 7.86. The predicted molar refractivity (Wildman–Crippen MR) is 92.4 cm³/mol. The molecule has 0 radical (unpaired) electrons. The summed E-state index contributed by atoms with van der Waals surface area (Å²) in [4.78, 5) is 21.7. The van der Waals surface area contributed by atoms with E-state index in [1.165, 1.54) is 11.4 Å². The molecule has 144 valence electrons. The molecule has 1 saturated carbocycles. The summed E-state index contributed by atoms with van der Waals surface area (Å²) in [7, 11) is -2.72. The van der Waals surface area contributed by atoms with Gasteiger partial charge < -0.3 is 9.47 Å². The summed E-state index contributed by atoms with van der Waals surface area (Å²) in [5, 5.41) is 10.9. The third-order valence-corrected chi connectivity index (χ3v) is 5.91. The lowest BCUT2D eigenvalue weighted by atomic mass is 10.3. The number of ether oxygens (including phenoxy) is 2. The van der Waals surface area contributed by atoms with Gasteiger partial charge in [-0.25, -0.2) is 8.42 Å². The van der Waals surface area contributed by atoms with E-state index in [4.69, 9.17) is 9.47 Å². The summed E-state index contributed by atoms with van der Waals surface area (Å²) in [6, 6.07) is 3.36. The zero-order chi connectivity index (χ0) is 19.3. The maximum Gasteiger partial charge on any atom is 0.307 e. The number of benzene rings is 1. The van der Waals surface area contributed by atoms with Crippen molar-refractivity contribution in [1.82, 2.24) is 4.31 Å². The van der Waals surface area contributed by atoms with Crippen LogP contribution in [0.1, 0.15) is 26.2 Å². The molecule has 0 saturated heterocycles. The minimum Gasteiger partial charge on any atom is -0.495 e. The van der Waals surface area contributed by atoms with Gasteiger partial charge in [-0.05, 0) is 31.7 Å². The lowest BCUT2D eigenvalue weighted by Gasteiger charge is -2.22. The minimum atomic E-state index is -3.97. The first-order valence-electron chi connectivity index (χ1n) is 8.27. The van der Waals surface area contributed by atoms with Gasteiger partial charge in [-0.15, -0.1) is 0 Å². The summed E-state index contributed by atoms with van der Waals surface area (Å²) in [6.07, 6.45) is 1.81. The van der Waals surface area contributed by atoms with Crippen molar-refractivity contribution in [3.8, 4) is 5.75 Å². The molecule has 1 aliphatic carbocycles. The maximum absolute atomic E-state index is 13.1. The molecule has 0 aromatic heterocycles. The van der Waals surface area contributed by atoms with E-state index >= 15 is 0 Å². The van der Waals surface area contributed by atoms with E-state index in [2.05, 4.69) is 0 Å². The molecule has 1 aliphatic rings. The fourth-order valence-corrected chi connectivity index (χ4v) is 4.12. The van der Waals surface area contributed by atoms with Crippen LogP contribution >= 0.6 is 0 Å². The average Bonchev–Trinajstić information content (AvgIpc) is 3.42. The highest BCUT2D eigenvalue weighted by Gasteiger charge is 2.34. The first-order chi connectivity index (χ1) is 12.3. The molecule has 9 nitrogen and oxygen atoms in total. The van der Waals surface area contributed by atoms with Crippen LogP contribution in [0.2, 0.25) is 0 Å². The van der Waals surface area contributed by atoms with Crippen LogP contribution in [0, 0.1) is 16.0 Å². The standard InChI is InChI=1S/C16H22N2O7S/c1-3-25-16(19)8-9-17(11-12-4-5-12)26(22,23)15-7-6-13(18(20)21)10-14(15)24-2/h6-7,10,12H,3-5,8-9,11H2,1-2H3. The van der Waals surface area contributed by atoms with E-state index in [-0.39, 0.29) is 41.8 Å². The van der Waals surface area contributed by atoms with Crippen LogP contribution in [0.3, 0.4) is 0 Å². The highest BCUT2D eigenvalue weighted by atomic mass is 32.2. The van der Waals surface area contributed by atoms with E-state index < -0.39 is 20.9 Å². The van der Waals surface area contributed by atoms with Gasteiger partial charge >= 0.3 is 5.97 Å². The zero-order valence-electron chi connectivity index (χ0n) is 14.7. The summed E-state index contributed by atoms with van der Waals surface area (Å²) < 4.78 is 37.2. The number of nitro groups is 1. The summed E-state index contributed by atoms with van der Waals surface area (Å²) in [5.41, 5.74) is -0.263. The number of carbonyl (C=O) groups is 1. The molecule has 0 bridgehead atoms. The van der Waals surface area contributed by atoms with E-state index in [1.807, 2.05) is 0 Å². The van der Waals surface area contributed by atoms with Gasteiger partial charge in [0.2, 0.25) is 10.0 Å². The lowest BCUT2D eigenvalue weighted by Crippen LogP contribution is -2.35. The Balaban J connectivity index is 2.29. The van der Waals surface area contributed by atoms with E-state index in [9.17, 15) is 23.3 Å². The molecule has 0 aliphatic heterocycles. The highest BCUT2D eigenvalue weighted by molar-refractivity contribution is 7.89. The number of non-ortho nitro benzene ring substituents is 1. The Morgan fingerprint density at radius 3 is 2.62 bits per heavy atom. The summed E-state index contributed by atoms with van der Waals surface area (Å²) in [6.45, 7) is 2.18. The Morgan fingerprint density at radius 1 is 1.38 bits per heavy atom. The fourth-order valence-electron chi connectivity index (χ4n) is 2.47. The monoisotopic (exact) mass is 386 g/mol. The van der Waals surface area contributed by atoms with Crippen molar-refractivity contribution in [1.29, 1.82) is 0 Å². The Kier molecular flexibility index (Phi) is 6.54. The van der Waals surface area contributed by atoms with Crippen molar-refractivity contribution >= 4 is 21.7 Å². The predicted octanol–water partition coefficient (Wildman–Crippen LogP) is 1.96. The maximum atomic E-state index is 13.1. The number of nitro benzene ring substituents is 1. The number of methoxy groups -OCH3 is 1. The van der Waals surface area contributed by atoms with Gasteiger partial charge in [0.05, 0.1) is 31.1 Å². The second-order valence-electron chi connectivity index (χ2n) is 5.95. The molecule has 26 heavy (non-hydrogen) atoms. The van der Waals surface area contributed by atoms with Crippen LogP contribution in [0.15, 0.2) is 23.1 Å². The van der Waals surface area contributed by atoms with E-state index in [0.29, 0.717) is 6.54 Å². The first kappa shape index (κ1) is 20.1. The molecule has 1 aromatic carbocycles. The van der Waals surface area contributed by atoms with Gasteiger partial charge in [0, 0.05) is 19.2 Å². The Labute approximate surface area is 152 Å². The van der Waals surface area contributed by atoms with Crippen LogP contribution in [0.5, 0.6) is 5.75 Å². The Morgan fingerprint density at radius 2 is 2.08 bits per heavy atom. The largest absolute Gasteiger partial charge is 0.495 e. The summed E-state index contributed by atoms with van der Waals surface area (Å²) >= 11 is 0. The van der Waals surface area contributed by atoms with Crippen LogP contribution in [-0.4, -0.2) is 50.4 Å². The minimum absolute atomic E-state index is 0.0161. The average molecular weight is 386 g/mol. The fraction of sp³-hybridized carbons (Fsp3) is 0.562. The Hall–Kier alpha value is -2.20. The highest BCUT2D eigenvalue weighted by Crippen LogP contribution is 2.34. The molecule has 2 rings (SSSR count). The zero-order valence-corrected chi connectivity index (χ0v) is 15.5. The molecule has 1 fully saturated rings. The van der Waals surface area contributed by atoms with Crippen molar-refractivity contribution in [3.05, 3.63) is 28.3 Å². The third kappa shape index (κ3) is 4.92. The van der Waals surface area contributed by atoms with Gasteiger partial charge in [-0.1, -0.05) is 0 Å². The van der Waals surface area contributed by atoms with Crippen molar-refractivity contribution < 1.29 is 27.6 Å². The number of sulfonamides is 1. The number of esters is 1. The molecule has 0 atom stereocenters. The second kappa shape index (κ2) is 8.45. The van der Waals surface area contributed by atoms with Gasteiger partial charge in [0.15, 0.2) is 0 Å². The molecule has 0 amide bonds. The molecule has 0 spiro atoms. The van der Waals surface area contributed by atoms with Gasteiger partial charge in [0.25, 0.3) is 5.69 Å². The van der Waals surface area contributed by atoms with Crippen molar-refractivity contribution in [2.24, 2.45) is 5.92 Å². The van der Waals surface area contributed by atoms with Gasteiger partial charge in [-0.2, -0.15) is 4.31 Å². The lowest BCUT2D eigenvalue weighted by molar-refractivity contribution is -0.385. The van der Waals surface area contributed by atoms with Crippen LogP contribution < -0.4 is 4.74 Å². The SMILES string of the molecule is CCOC(=O)CCN(CC1CC1)S(=O)(=O)c1ccc([N+](=O)[O-])cc1OC. The topological polar surface area (TPSA) is 116 Å².